The highest BCUT2D eigenvalue weighted by Gasteiger charge is 2.33. The molecule has 1 rings (SSSR count). The minimum atomic E-state index is -0.314. The van der Waals surface area contributed by atoms with Gasteiger partial charge in [-0.05, 0) is 32.6 Å². The zero-order valence-electron chi connectivity index (χ0n) is 8.91. The molecule has 0 aromatic carbocycles. The fraction of sp³-hybridized carbons (Fsp3) is 0.900. The second kappa shape index (κ2) is 4.09. The molecule has 3 nitrogen and oxygen atoms in total. The Morgan fingerprint density at radius 2 is 2.00 bits per heavy atom. The van der Waals surface area contributed by atoms with E-state index >= 15 is 0 Å². The van der Waals surface area contributed by atoms with Crippen molar-refractivity contribution in [2.24, 2.45) is 5.92 Å². The number of rotatable bonds is 4. The molecule has 2 unspecified atom stereocenters. The topological polar surface area (TPSA) is 29.5 Å². The summed E-state index contributed by atoms with van der Waals surface area (Å²) in [5.74, 6) is 0.805. The second-order valence-electron chi connectivity index (χ2n) is 3.91. The van der Waals surface area contributed by atoms with Gasteiger partial charge in [-0.15, -0.1) is 0 Å². The average molecular weight is 185 g/mol. The van der Waals surface area contributed by atoms with Gasteiger partial charge in [-0.25, -0.2) is 0 Å². The molecule has 0 bridgehead atoms. The van der Waals surface area contributed by atoms with E-state index in [0.29, 0.717) is 6.04 Å². The minimum Gasteiger partial charge on any atom is -0.372 e. The summed E-state index contributed by atoms with van der Waals surface area (Å²) in [4.78, 5) is 13.5. The van der Waals surface area contributed by atoms with E-state index in [2.05, 4.69) is 6.92 Å². The zero-order chi connectivity index (χ0) is 10.0. The fourth-order valence-corrected chi connectivity index (χ4v) is 1.48. The van der Waals surface area contributed by atoms with Gasteiger partial charge in [0, 0.05) is 20.2 Å². The smallest absolute Gasteiger partial charge is 0.251 e. The van der Waals surface area contributed by atoms with Crippen LogP contribution >= 0.6 is 0 Å². The molecule has 0 heterocycles. The summed E-state index contributed by atoms with van der Waals surface area (Å²) in [6.45, 7) is 3.90. The summed E-state index contributed by atoms with van der Waals surface area (Å²) in [5.41, 5.74) is 0. The van der Waals surface area contributed by atoms with Crippen molar-refractivity contribution in [1.29, 1.82) is 0 Å². The molecular weight excluding hydrogens is 166 g/mol. The lowest BCUT2D eigenvalue weighted by Crippen LogP contribution is -2.42. The SMILES string of the molecule is COC(C)C(=O)N(C)C(C)C1CC1. The monoisotopic (exact) mass is 185 g/mol. The third-order valence-corrected chi connectivity index (χ3v) is 2.96. The van der Waals surface area contributed by atoms with Crippen molar-refractivity contribution in [3.05, 3.63) is 0 Å². The maximum Gasteiger partial charge on any atom is 0.251 e. The number of amides is 1. The van der Waals surface area contributed by atoms with Crippen LogP contribution in [-0.4, -0.2) is 37.1 Å². The van der Waals surface area contributed by atoms with Gasteiger partial charge >= 0.3 is 0 Å². The maximum absolute atomic E-state index is 11.6. The molecule has 0 spiro atoms. The van der Waals surface area contributed by atoms with Crippen LogP contribution in [0.4, 0.5) is 0 Å². The van der Waals surface area contributed by atoms with E-state index < -0.39 is 0 Å². The predicted octanol–water partition coefficient (Wildman–Crippen LogP) is 1.28. The van der Waals surface area contributed by atoms with Crippen molar-refractivity contribution in [3.63, 3.8) is 0 Å². The van der Waals surface area contributed by atoms with Crippen LogP contribution in [0.2, 0.25) is 0 Å². The molecule has 1 fully saturated rings. The van der Waals surface area contributed by atoms with Crippen LogP contribution < -0.4 is 0 Å². The van der Waals surface area contributed by atoms with Gasteiger partial charge in [0.25, 0.3) is 5.91 Å². The highest BCUT2D eigenvalue weighted by molar-refractivity contribution is 5.80. The van der Waals surface area contributed by atoms with Crippen molar-refractivity contribution in [1.82, 2.24) is 4.90 Å². The second-order valence-corrected chi connectivity index (χ2v) is 3.91. The molecule has 1 aliphatic carbocycles. The van der Waals surface area contributed by atoms with Crippen LogP contribution in [0, 0.1) is 5.92 Å². The van der Waals surface area contributed by atoms with Crippen LogP contribution in [0.1, 0.15) is 26.7 Å². The first-order chi connectivity index (χ1) is 6.07. The largest absolute Gasteiger partial charge is 0.372 e. The van der Waals surface area contributed by atoms with Gasteiger partial charge in [-0.2, -0.15) is 0 Å². The molecular formula is C10H19NO2. The minimum absolute atomic E-state index is 0.0851. The van der Waals surface area contributed by atoms with Gasteiger partial charge in [0.05, 0.1) is 0 Å². The Balaban J connectivity index is 2.44. The molecule has 0 N–H and O–H groups in total. The van der Waals surface area contributed by atoms with Crippen molar-refractivity contribution in [2.45, 2.75) is 38.8 Å². The van der Waals surface area contributed by atoms with Crippen molar-refractivity contribution in [3.8, 4) is 0 Å². The maximum atomic E-state index is 11.6. The standard InChI is InChI=1S/C10H19NO2/c1-7(9-5-6-9)11(3)10(12)8(2)13-4/h7-9H,5-6H2,1-4H3. The Kier molecular flexibility index (Phi) is 3.31. The van der Waals surface area contributed by atoms with Gasteiger partial charge in [0.15, 0.2) is 0 Å². The first kappa shape index (κ1) is 10.5. The van der Waals surface area contributed by atoms with E-state index in [-0.39, 0.29) is 12.0 Å². The first-order valence-corrected chi connectivity index (χ1v) is 4.87. The normalized spacial score (nSPS) is 20.9. The highest BCUT2D eigenvalue weighted by Crippen LogP contribution is 2.34. The molecule has 1 amide bonds. The molecule has 0 aromatic heterocycles. The van der Waals surface area contributed by atoms with Gasteiger partial charge < -0.3 is 9.64 Å². The third-order valence-electron chi connectivity index (χ3n) is 2.96. The summed E-state index contributed by atoms with van der Waals surface area (Å²) < 4.78 is 4.99. The summed E-state index contributed by atoms with van der Waals surface area (Å²) in [5, 5.41) is 0. The Morgan fingerprint density at radius 3 is 2.38 bits per heavy atom. The van der Waals surface area contributed by atoms with Gasteiger partial charge in [0.1, 0.15) is 6.10 Å². The average Bonchev–Trinajstić information content (AvgIpc) is 2.96. The quantitative estimate of drug-likeness (QED) is 0.660. The lowest BCUT2D eigenvalue weighted by atomic mass is 10.2. The summed E-state index contributed by atoms with van der Waals surface area (Å²) in [6.07, 6.45) is 2.21. The Bertz CT molecular complexity index is 189. The van der Waals surface area contributed by atoms with E-state index in [9.17, 15) is 4.79 Å². The number of methoxy groups -OCH3 is 1. The van der Waals surface area contributed by atoms with Gasteiger partial charge in [0.2, 0.25) is 0 Å². The molecule has 0 saturated heterocycles. The molecule has 1 saturated carbocycles. The van der Waals surface area contributed by atoms with E-state index in [4.69, 9.17) is 4.74 Å². The number of hydrogen-bond donors (Lipinski definition) is 0. The van der Waals surface area contributed by atoms with E-state index in [1.165, 1.54) is 12.8 Å². The van der Waals surface area contributed by atoms with Crippen LogP contribution in [0.15, 0.2) is 0 Å². The molecule has 1 aliphatic rings. The van der Waals surface area contributed by atoms with E-state index in [1.54, 1.807) is 14.0 Å². The molecule has 3 heteroatoms. The number of carbonyl (C=O) groups excluding carboxylic acids is 1. The molecule has 13 heavy (non-hydrogen) atoms. The van der Waals surface area contributed by atoms with E-state index in [1.807, 2.05) is 11.9 Å². The fourth-order valence-electron chi connectivity index (χ4n) is 1.48. The summed E-state index contributed by atoms with van der Waals surface area (Å²) >= 11 is 0. The zero-order valence-corrected chi connectivity index (χ0v) is 8.91. The van der Waals surface area contributed by atoms with Gasteiger partial charge in [-0.1, -0.05) is 0 Å². The molecule has 0 radical (unpaired) electrons. The van der Waals surface area contributed by atoms with Crippen molar-refractivity contribution < 1.29 is 9.53 Å². The van der Waals surface area contributed by atoms with Crippen LogP contribution in [0.25, 0.3) is 0 Å². The Hall–Kier alpha value is -0.570. The van der Waals surface area contributed by atoms with E-state index in [0.717, 1.165) is 5.92 Å². The summed E-state index contributed by atoms with van der Waals surface area (Å²) in [7, 11) is 3.43. The van der Waals surface area contributed by atoms with Crippen molar-refractivity contribution in [2.75, 3.05) is 14.2 Å². The highest BCUT2D eigenvalue weighted by atomic mass is 16.5. The number of hydrogen-bond acceptors (Lipinski definition) is 2. The number of likely N-dealkylation sites (N-methyl/N-ethyl adjacent to an activating group) is 1. The van der Waals surface area contributed by atoms with Crippen LogP contribution in [0.3, 0.4) is 0 Å². The van der Waals surface area contributed by atoms with Gasteiger partial charge in [-0.3, -0.25) is 4.79 Å². The molecule has 0 aromatic rings. The lowest BCUT2D eigenvalue weighted by molar-refractivity contribution is -0.141. The first-order valence-electron chi connectivity index (χ1n) is 4.87. The summed E-state index contributed by atoms with van der Waals surface area (Å²) in [6, 6.07) is 0.366. The predicted molar refractivity (Wildman–Crippen MR) is 51.4 cm³/mol. The lowest BCUT2D eigenvalue weighted by Gasteiger charge is -2.27. The third kappa shape index (κ3) is 2.44. The number of nitrogens with zero attached hydrogens (tertiary/aromatic N) is 1. The van der Waals surface area contributed by atoms with Crippen molar-refractivity contribution >= 4 is 5.91 Å². The number of ether oxygens (including phenoxy) is 1. The van der Waals surface area contributed by atoms with Crippen LogP contribution in [-0.2, 0) is 9.53 Å². The number of carbonyl (C=O) groups is 1. The molecule has 0 aliphatic heterocycles. The Labute approximate surface area is 80.1 Å². The Morgan fingerprint density at radius 1 is 1.46 bits per heavy atom. The molecule has 76 valence electrons. The van der Waals surface area contributed by atoms with Crippen LogP contribution in [0.5, 0.6) is 0 Å². The molecule has 2 atom stereocenters.